The molecule has 2 aromatic heterocycles. The van der Waals surface area contributed by atoms with E-state index in [0.29, 0.717) is 5.01 Å². The molecule has 0 saturated carbocycles. The van der Waals surface area contributed by atoms with Crippen LogP contribution in [0.5, 0.6) is 0 Å². The van der Waals surface area contributed by atoms with Gasteiger partial charge in [0, 0.05) is 0 Å². The second-order valence-corrected chi connectivity index (χ2v) is 5.51. The molecule has 0 radical (unpaired) electrons. The van der Waals surface area contributed by atoms with E-state index in [0.717, 1.165) is 22.1 Å². The van der Waals surface area contributed by atoms with Crippen molar-refractivity contribution in [3.63, 3.8) is 0 Å². The van der Waals surface area contributed by atoms with Gasteiger partial charge in [-0.15, -0.1) is 10.2 Å². The van der Waals surface area contributed by atoms with Gasteiger partial charge in [0.25, 0.3) is 0 Å². The maximum Gasteiger partial charge on any atom is 0.342 e. The molecule has 0 unspecified atom stereocenters. The number of rotatable bonds is 3. The summed E-state index contributed by atoms with van der Waals surface area (Å²) in [5, 5.41) is 18.9. The van der Waals surface area contributed by atoms with Gasteiger partial charge in [0.05, 0.1) is 7.05 Å². The summed E-state index contributed by atoms with van der Waals surface area (Å²) >= 11 is 1.07. The summed E-state index contributed by atoms with van der Waals surface area (Å²) in [5.74, 6) is -0.352. The summed E-state index contributed by atoms with van der Waals surface area (Å²) < 4.78 is 23.7. The van der Waals surface area contributed by atoms with Crippen LogP contribution >= 0.6 is 11.3 Å². The van der Waals surface area contributed by atoms with Crippen molar-refractivity contribution in [3.8, 4) is 0 Å². The largest absolute Gasteiger partial charge is 0.358 e. The molecule has 0 bridgehead atoms. The van der Waals surface area contributed by atoms with Crippen LogP contribution in [0, 0.1) is 17.0 Å². The normalized spacial score (nSPS) is 10.4. The number of imidazole rings is 1. The number of nitro groups is 1. The summed E-state index contributed by atoms with van der Waals surface area (Å²) in [4.78, 5) is 13.6. The number of aromatic nitrogens is 4. The van der Waals surface area contributed by atoms with Gasteiger partial charge in [-0.3, -0.25) is 0 Å². The molecule has 0 amide bonds. The minimum Gasteiger partial charge on any atom is -0.358 e. The fourth-order valence-electron chi connectivity index (χ4n) is 1.41. The van der Waals surface area contributed by atoms with Crippen molar-refractivity contribution in [2.45, 2.75) is 6.92 Å². The zero-order valence-corrected chi connectivity index (χ0v) is 11.4. The molecule has 100 valence electrons. The quantitative estimate of drug-likeness (QED) is 0.337. The zero-order valence-electron chi connectivity index (χ0n) is 9.76. The molecule has 0 fully saturated rings. The van der Waals surface area contributed by atoms with Gasteiger partial charge in [-0.05, 0) is 11.8 Å². The molecule has 0 atom stereocenters. The van der Waals surface area contributed by atoms with Gasteiger partial charge in [-0.2, -0.15) is 8.42 Å². The molecule has 2 heterocycles. The average molecular weight is 301 g/mol. The van der Waals surface area contributed by atoms with Crippen LogP contribution in [0.15, 0.2) is 6.20 Å². The SMILES string of the molecule is Cc1nnc(C(c2ncc([N+](=O)[O-])n2C)=S(=O)=O)s1. The second-order valence-electron chi connectivity index (χ2n) is 3.45. The molecule has 0 saturated heterocycles. The third-order valence-electron chi connectivity index (χ3n) is 2.24. The van der Waals surface area contributed by atoms with E-state index < -0.39 is 15.2 Å². The van der Waals surface area contributed by atoms with Crippen LogP contribution in [0.4, 0.5) is 5.82 Å². The number of hydrogen-bond donors (Lipinski definition) is 0. The molecule has 0 aromatic carbocycles. The van der Waals surface area contributed by atoms with Crippen molar-refractivity contribution in [2.75, 3.05) is 0 Å². The highest BCUT2D eigenvalue weighted by atomic mass is 32.2. The predicted molar refractivity (Wildman–Crippen MR) is 66.6 cm³/mol. The maximum absolute atomic E-state index is 11.3. The van der Waals surface area contributed by atoms with E-state index in [9.17, 15) is 18.5 Å². The van der Waals surface area contributed by atoms with Gasteiger partial charge in [0.2, 0.25) is 16.1 Å². The van der Waals surface area contributed by atoms with Crippen molar-refractivity contribution in [1.29, 1.82) is 0 Å². The first kappa shape index (κ1) is 13.3. The summed E-state index contributed by atoms with van der Waals surface area (Å²) in [7, 11) is -1.27. The lowest BCUT2D eigenvalue weighted by atomic mass is 10.4. The minimum absolute atomic E-state index is 0.0452. The van der Waals surface area contributed by atoms with Crippen LogP contribution < -0.4 is 0 Å². The van der Waals surface area contributed by atoms with E-state index in [1.807, 2.05) is 0 Å². The molecule has 11 heteroatoms. The third-order valence-corrected chi connectivity index (χ3v) is 3.94. The summed E-state index contributed by atoms with van der Waals surface area (Å²) in [6, 6.07) is 0. The van der Waals surface area contributed by atoms with Crippen molar-refractivity contribution in [3.05, 3.63) is 32.2 Å². The summed E-state index contributed by atoms with van der Waals surface area (Å²) in [5.41, 5.74) is 0. The van der Waals surface area contributed by atoms with Crippen LogP contribution in [-0.2, 0) is 17.3 Å². The highest BCUT2D eigenvalue weighted by Crippen LogP contribution is 2.17. The molecular weight excluding hydrogens is 294 g/mol. The van der Waals surface area contributed by atoms with Gasteiger partial charge < -0.3 is 10.1 Å². The van der Waals surface area contributed by atoms with Crippen molar-refractivity contribution in [1.82, 2.24) is 19.7 Å². The predicted octanol–water partition coefficient (Wildman–Crippen LogP) is -0.0639. The summed E-state index contributed by atoms with van der Waals surface area (Å²) in [6.45, 7) is 1.67. The summed E-state index contributed by atoms with van der Waals surface area (Å²) in [6.07, 6.45) is 0.996. The molecule has 0 aliphatic rings. The Bertz CT molecular complexity index is 780. The fourth-order valence-corrected chi connectivity index (χ4v) is 2.89. The third kappa shape index (κ3) is 2.37. The number of hydrogen-bond acceptors (Lipinski definition) is 8. The first-order valence-corrected chi connectivity index (χ1v) is 6.74. The Morgan fingerprint density at radius 2 is 2.16 bits per heavy atom. The molecular formula is C8H7N5O4S2. The van der Waals surface area contributed by atoms with Crippen LogP contribution in [0.3, 0.4) is 0 Å². The van der Waals surface area contributed by atoms with Crippen molar-refractivity contribution < 1.29 is 13.3 Å². The van der Waals surface area contributed by atoms with Gasteiger partial charge in [0.1, 0.15) is 11.2 Å². The first-order chi connectivity index (χ1) is 8.91. The van der Waals surface area contributed by atoms with Gasteiger partial charge in [-0.1, -0.05) is 11.3 Å². The standard InChI is InChI=1S/C8H7N5O4S2/c1-4-10-11-8(18-4)6(19(16)17)7-9-3-5(12(7)2)13(14)15/h3H,1-2H3. The van der Waals surface area contributed by atoms with Crippen LogP contribution in [0.25, 0.3) is 0 Å². The molecule has 0 aliphatic heterocycles. The fraction of sp³-hybridized carbons (Fsp3) is 0.250. The molecule has 2 rings (SSSR count). The van der Waals surface area contributed by atoms with E-state index in [2.05, 4.69) is 15.2 Å². The van der Waals surface area contributed by atoms with Crippen LogP contribution in [-0.4, -0.2) is 38.0 Å². The Balaban J connectivity index is 2.67. The molecule has 0 aliphatic carbocycles. The van der Waals surface area contributed by atoms with E-state index >= 15 is 0 Å². The van der Waals surface area contributed by atoms with E-state index in [1.165, 1.54) is 7.05 Å². The lowest BCUT2D eigenvalue weighted by Gasteiger charge is -1.96. The van der Waals surface area contributed by atoms with Crippen molar-refractivity contribution in [2.24, 2.45) is 7.05 Å². The van der Waals surface area contributed by atoms with Crippen molar-refractivity contribution >= 4 is 32.3 Å². The highest BCUT2D eigenvalue weighted by Gasteiger charge is 2.26. The second kappa shape index (κ2) is 4.85. The van der Waals surface area contributed by atoms with Gasteiger partial charge in [-0.25, -0.2) is 9.55 Å². The maximum atomic E-state index is 11.3. The Morgan fingerprint density at radius 1 is 1.47 bits per heavy atom. The van der Waals surface area contributed by atoms with E-state index in [4.69, 9.17) is 0 Å². The molecule has 2 aromatic rings. The lowest BCUT2D eigenvalue weighted by Crippen LogP contribution is -2.12. The Hall–Kier alpha value is -2.14. The molecule has 0 N–H and O–H groups in total. The highest BCUT2D eigenvalue weighted by molar-refractivity contribution is 7.74. The smallest absolute Gasteiger partial charge is 0.342 e. The van der Waals surface area contributed by atoms with Gasteiger partial charge in [0.15, 0.2) is 9.87 Å². The monoisotopic (exact) mass is 301 g/mol. The van der Waals surface area contributed by atoms with E-state index in [-0.39, 0.29) is 21.5 Å². The molecule has 9 nitrogen and oxygen atoms in total. The minimum atomic E-state index is -2.63. The number of aryl methyl sites for hydroxylation is 1. The zero-order chi connectivity index (χ0) is 14.2. The Labute approximate surface area is 112 Å². The number of nitrogens with zero attached hydrogens (tertiary/aromatic N) is 5. The topological polar surface area (TPSA) is 121 Å². The lowest BCUT2D eigenvalue weighted by molar-refractivity contribution is -0.391. The van der Waals surface area contributed by atoms with E-state index in [1.54, 1.807) is 6.92 Å². The van der Waals surface area contributed by atoms with Crippen LogP contribution in [0.2, 0.25) is 0 Å². The first-order valence-electron chi connectivity index (χ1n) is 4.85. The average Bonchev–Trinajstić information content (AvgIpc) is 2.87. The Kier molecular flexibility index (Phi) is 3.40. The molecule has 0 spiro atoms. The molecule has 19 heavy (non-hydrogen) atoms. The Morgan fingerprint density at radius 3 is 2.58 bits per heavy atom. The van der Waals surface area contributed by atoms with Crippen LogP contribution in [0.1, 0.15) is 15.8 Å². The van der Waals surface area contributed by atoms with Gasteiger partial charge >= 0.3 is 5.82 Å².